The van der Waals surface area contributed by atoms with E-state index in [0.29, 0.717) is 6.04 Å². The summed E-state index contributed by atoms with van der Waals surface area (Å²) in [5, 5.41) is 4.22. The van der Waals surface area contributed by atoms with Gasteiger partial charge in [0.25, 0.3) is 0 Å². The molecule has 0 unspecified atom stereocenters. The van der Waals surface area contributed by atoms with E-state index in [1.54, 1.807) is 0 Å². The molecule has 0 saturated carbocycles. The Morgan fingerprint density at radius 2 is 2.06 bits per heavy atom. The van der Waals surface area contributed by atoms with Crippen LogP contribution in [0.25, 0.3) is 0 Å². The zero-order valence-electron chi connectivity index (χ0n) is 11.6. The summed E-state index contributed by atoms with van der Waals surface area (Å²) in [4.78, 5) is 0. The minimum absolute atomic E-state index is 0.564. The number of hydrogen-bond donors (Lipinski definition) is 1. The van der Waals surface area contributed by atoms with Gasteiger partial charge >= 0.3 is 0 Å². The normalized spacial score (nSPS) is 10.9. The molecule has 0 amide bonds. The molecule has 0 atom stereocenters. The van der Waals surface area contributed by atoms with Gasteiger partial charge in [0.2, 0.25) is 0 Å². The zero-order valence-corrected chi connectivity index (χ0v) is 12.4. The van der Waals surface area contributed by atoms with E-state index in [4.69, 9.17) is 16.3 Å². The largest absolute Gasteiger partial charge is 0.494 e. The second-order valence-electron chi connectivity index (χ2n) is 4.77. The maximum absolute atomic E-state index is 6.06. The van der Waals surface area contributed by atoms with Gasteiger partial charge in [0.15, 0.2) is 0 Å². The molecule has 0 fully saturated rings. The summed E-state index contributed by atoms with van der Waals surface area (Å²) in [7, 11) is 0. The molecule has 0 spiro atoms. The Kier molecular flexibility index (Phi) is 7.14. The highest BCUT2D eigenvalue weighted by Crippen LogP contribution is 2.22. The molecule has 0 heterocycles. The van der Waals surface area contributed by atoms with Crippen molar-refractivity contribution in [3.63, 3.8) is 0 Å². The quantitative estimate of drug-likeness (QED) is 0.719. The van der Waals surface area contributed by atoms with E-state index in [9.17, 15) is 0 Å². The lowest BCUT2D eigenvalue weighted by Crippen LogP contribution is -2.23. The van der Waals surface area contributed by atoms with Gasteiger partial charge in [0.05, 0.1) is 6.61 Å². The first-order chi connectivity index (χ1) is 8.63. The number of hydrogen-bond acceptors (Lipinski definition) is 2. The number of nitrogens with one attached hydrogen (secondary N) is 1. The van der Waals surface area contributed by atoms with Crippen LogP contribution in [-0.4, -0.2) is 19.2 Å². The van der Waals surface area contributed by atoms with E-state index in [2.05, 4.69) is 26.1 Å². The van der Waals surface area contributed by atoms with Crippen molar-refractivity contribution < 1.29 is 4.74 Å². The summed E-state index contributed by atoms with van der Waals surface area (Å²) in [5.41, 5.74) is 1.15. The van der Waals surface area contributed by atoms with E-state index in [1.807, 2.05) is 18.2 Å². The molecule has 3 heteroatoms. The first kappa shape index (κ1) is 15.3. The van der Waals surface area contributed by atoms with Crippen LogP contribution in [0, 0.1) is 0 Å². The summed E-state index contributed by atoms with van der Waals surface area (Å²) in [6, 6.07) is 6.45. The third-order valence-corrected chi connectivity index (χ3v) is 3.16. The predicted molar refractivity (Wildman–Crippen MR) is 78.7 cm³/mol. The second-order valence-corrected chi connectivity index (χ2v) is 5.18. The molecule has 0 aliphatic carbocycles. The molecule has 1 rings (SSSR count). The van der Waals surface area contributed by atoms with Crippen LogP contribution in [0.2, 0.25) is 5.02 Å². The zero-order chi connectivity index (χ0) is 13.4. The second kappa shape index (κ2) is 8.39. The van der Waals surface area contributed by atoms with E-state index < -0.39 is 0 Å². The van der Waals surface area contributed by atoms with Crippen LogP contribution in [0.15, 0.2) is 18.2 Å². The van der Waals surface area contributed by atoms with Gasteiger partial charge in [-0.05, 0) is 49.6 Å². The molecule has 1 aromatic carbocycles. The Labute approximate surface area is 116 Å². The highest BCUT2D eigenvalue weighted by molar-refractivity contribution is 6.31. The topological polar surface area (TPSA) is 21.3 Å². The standard InChI is InChI=1S/C15H24ClNO/c1-4-13-11-14(7-8-15(13)16)18-10-6-5-9-17-12(2)3/h7-8,11-12,17H,4-6,9-10H2,1-3H3. The van der Waals surface area contributed by atoms with Crippen LogP contribution in [0.3, 0.4) is 0 Å². The van der Waals surface area contributed by atoms with Gasteiger partial charge in [-0.2, -0.15) is 0 Å². The predicted octanol–water partition coefficient (Wildman–Crippen LogP) is 4.06. The Balaban J connectivity index is 2.23. The van der Waals surface area contributed by atoms with E-state index >= 15 is 0 Å². The van der Waals surface area contributed by atoms with Gasteiger partial charge in [0, 0.05) is 11.1 Å². The highest BCUT2D eigenvalue weighted by atomic mass is 35.5. The third kappa shape index (κ3) is 5.74. The molecule has 102 valence electrons. The van der Waals surface area contributed by atoms with Crippen LogP contribution in [0.4, 0.5) is 0 Å². The van der Waals surface area contributed by atoms with Crippen molar-refractivity contribution in [2.24, 2.45) is 0 Å². The summed E-state index contributed by atoms with van der Waals surface area (Å²) in [6.45, 7) is 8.25. The maximum atomic E-state index is 6.06. The number of aryl methyl sites for hydroxylation is 1. The Morgan fingerprint density at radius 1 is 1.28 bits per heavy atom. The van der Waals surface area contributed by atoms with Crippen molar-refractivity contribution in [3.8, 4) is 5.75 Å². The fourth-order valence-corrected chi connectivity index (χ4v) is 1.97. The van der Waals surface area contributed by atoms with Crippen LogP contribution in [-0.2, 0) is 6.42 Å². The molecular formula is C15H24ClNO. The molecule has 0 aliphatic rings. The molecule has 18 heavy (non-hydrogen) atoms. The molecule has 0 aromatic heterocycles. The van der Waals surface area contributed by atoms with Crippen LogP contribution >= 0.6 is 11.6 Å². The average molecular weight is 270 g/mol. The molecule has 0 aliphatic heterocycles. The van der Waals surface area contributed by atoms with Crippen LogP contribution < -0.4 is 10.1 Å². The fourth-order valence-electron chi connectivity index (χ4n) is 1.72. The van der Waals surface area contributed by atoms with Gasteiger partial charge in [0.1, 0.15) is 5.75 Å². The van der Waals surface area contributed by atoms with Gasteiger partial charge in [-0.15, -0.1) is 0 Å². The van der Waals surface area contributed by atoms with Gasteiger partial charge in [-0.1, -0.05) is 32.4 Å². The van der Waals surface area contributed by atoms with Gasteiger partial charge in [-0.25, -0.2) is 0 Å². The average Bonchev–Trinajstić information content (AvgIpc) is 2.35. The monoisotopic (exact) mass is 269 g/mol. The summed E-state index contributed by atoms with van der Waals surface area (Å²) in [5.74, 6) is 0.924. The molecule has 2 nitrogen and oxygen atoms in total. The lowest BCUT2D eigenvalue weighted by molar-refractivity contribution is 0.305. The highest BCUT2D eigenvalue weighted by Gasteiger charge is 2.01. The lowest BCUT2D eigenvalue weighted by Gasteiger charge is -2.10. The van der Waals surface area contributed by atoms with E-state index in [1.165, 1.54) is 0 Å². The fraction of sp³-hybridized carbons (Fsp3) is 0.600. The van der Waals surface area contributed by atoms with Crippen LogP contribution in [0.5, 0.6) is 5.75 Å². The van der Waals surface area contributed by atoms with Gasteiger partial charge < -0.3 is 10.1 Å². The van der Waals surface area contributed by atoms with E-state index in [-0.39, 0.29) is 0 Å². The maximum Gasteiger partial charge on any atom is 0.119 e. The van der Waals surface area contributed by atoms with Crippen molar-refractivity contribution in [2.45, 2.75) is 46.1 Å². The SMILES string of the molecule is CCc1cc(OCCCCNC(C)C)ccc1Cl. The van der Waals surface area contributed by atoms with Crippen molar-refractivity contribution >= 4 is 11.6 Å². The van der Waals surface area contributed by atoms with Crippen molar-refractivity contribution in [1.29, 1.82) is 0 Å². The summed E-state index contributed by atoms with van der Waals surface area (Å²) in [6.07, 6.45) is 3.16. The number of ether oxygens (including phenoxy) is 1. The number of unbranched alkanes of at least 4 members (excludes halogenated alkanes) is 1. The lowest BCUT2D eigenvalue weighted by atomic mass is 10.1. The third-order valence-electron chi connectivity index (χ3n) is 2.79. The van der Waals surface area contributed by atoms with Crippen molar-refractivity contribution in [2.75, 3.05) is 13.2 Å². The van der Waals surface area contributed by atoms with Crippen LogP contribution in [0.1, 0.15) is 39.2 Å². The smallest absolute Gasteiger partial charge is 0.119 e. The molecule has 1 aromatic rings. The molecule has 0 bridgehead atoms. The summed E-state index contributed by atoms with van der Waals surface area (Å²) >= 11 is 6.06. The molecule has 0 saturated heterocycles. The number of halogens is 1. The van der Waals surface area contributed by atoms with Gasteiger partial charge in [-0.3, -0.25) is 0 Å². The summed E-state index contributed by atoms with van der Waals surface area (Å²) < 4.78 is 5.72. The molecule has 1 N–H and O–H groups in total. The van der Waals surface area contributed by atoms with Crippen molar-refractivity contribution in [3.05, 3.63) is 28.8 Å². The first-order valence-corrected chi connectivity index (χ1v) is 7.16. The molecule has 0 radical (unpaired) electrons. The van der Waals surface area contributed by atoms with E-state index in [0.717, 1.165) is 48.7 Å². The number of rotatable bonds is 8. The molecular weight excluding hydrogens is 246 g/mol. The Hall–Kier alpha value is -0.730. The minimum atomic E-state index is 0.564. The Morgan fingerprint density at radius 3 is 2.72 bits per heavy atom. The first-order valence-electron chi connectivity index (χ1n) is 6.78. The Bertz CT molecular complexity index is 352. The minimum Gasteiger partial charge on any atom is -0.494 e. The van der Waals surface area contributed by atoms with Crippen molar-refractivity contribution in [1.82, 2.24) is 5.32 Å². The number of benzene rings is 1.